The summed E-state index contributed by atoms with van der Waals surface area (Å²) >= 11 is 0. The zero-order valence-electron chi connectivity index (χ0n) is 16.0. The molecule has 0 unspecified atom stereocenters. The van der Waals surface area contributed by atoms with Gasteiger partial charge >= 0.3 is 0 Å². The first-order valence-corrected chi connectivity index (χ1v) is 8.76. The Morgan fingerprint density at radius 1 is 0.964 bits per heavy atom. The highest BCUT2D eigenvalue weighted by Crippen LogP contribution is 2.30. The van der Waals surface area contributed by atoms with Gasteiger partial charge in [-0.2, -0.15) is 0 Å². The monoisotopic (exact) mass is 378 g/mol. The summed E-state index contributed by atoms with van der Waals surface area (Å²) in [5.41, 5.74) is 2.72. The topological polar surface area (TPSA) is 85.4 Å². The number of nitrogens with zero attached hydrogens (tertiary/aromatic N) is 2. The average molecular weight is 378 g/mol. The van der Waals surface area contributed by atoms with Crippen molar-refractivity contribution in [2.75, 3.05) is 19.5 Å². The number of amides is 1. The molecule has 3 rings (SSSR count). The highest BCUT2D eigenvalue weighted by molar-refractivity contribution is 5.92. The number of rotatable bonds is 7. The van der Waals surface area contributed by atoms with Crippen molar-refractivity contribution < 1.29 is 14.3 Å². The molecule has 28 heavy (non-hydrogen) atoms. The molecule has 2 N–H and O–H groups in total. The summed E-state index contributed by atoms with van der Waals surface area (Å²) in [4.78, 5) is 21.2. The quantitative estimate of drug-likeness (QED) is 0.655. The maximum Gasteiger partial charge on any atom is 0.270 e. The molecule has 0 spiro atoms. The Kier molecular flexibility index (Phi) is 6.06. The van der Waals surface area contributed by atoms with Gasteiger partial charge < -0.3 is 20.1 Å². The van der Waals surface area contributed by atoms with E-state index in [2.05, 4.69) is 20.6 Å². The fourth-order valence-electron chi connectivity index (χ4n) is 2.65. The summed E-state index contributed by atoms with van der Waals surface area (Å²) in [5, 5.41) is 5.98. The molecule has 0 fully saturated rings. The fourth-order valence-corrected chi connectivity index (χ4v) is 2.65. The summed E-state index contributed by atoms with van der Waals surface area (Å²) in [5.74, 6) is 1.28. The van der Waals surface area contributed by atoms with Gasteiger partial charge in [-0.15, -0.1) is 0 Å². The predicted molar refractivity (Wildman–Crippen MR) is 107 cm³/mol. The first-order valence-electron chi connectivity index (χ1n) is 8.76. The molecule has 0 bridgehead atoms. The third kappa shape index (κ3) is 4.76. The Labute approximate surface area is 163 Å². The van der Waals surface area contributed by atoms with Crippen LogP contribution in [0.4, 0.5) is 11.6 Å². The Bertz CT molecular complexity index is 961. The van der Waals surface area contributed by atoms with E-state index in [1.165, 1.54) is 0 Å². The number of aryl methyl sites for hydroxylation is 1. The van der Waals surface area contributed by atoms with Crippen LogP contribution in [0.25, 0.3) is 0 Å². The van der Waals surface area contributed by atoms with Gasteiger partial charge in [0.25, 0.3) is 5.91 Å². The van der Waals surface area contributed by atoms with Crippen molar-refractivity contribution in [1.82, 2.24) is 15.3 Å². The minimum Gasteiger partial charge on any atom is -0.493 e. The van der Waals surface area contributed by atoms with Crippen molar-refractivity contribution in [1.29, 1.82) is 0 Å². The molecule has 0 radical (unpaired) electrons. The zero-order valence-corrected chi connectivity index (χ0v) is 16.0. The minimum absolute atomic E-state index is 0.260. The summed E-state index contributed by atoms with van der Waals surface area (Å²) in [7, 11) is 3.15. The second-order valence-corrected chi connectivity index (χ2v) is 6.08. The van der Waals surface area contributed by atoms with Crippen molar-refractivity contribution in [2.45, 2.75) is 13.5 Å². The number of carbonyl (C=O) groups is 1. The van der Waals surface area contributed by atoms with Crippen molar-refractivity contribution in [3.63, 3.8) is 0 Å². The molecule has 7 nitrogen and oxygen atoms in total. The molecule has 144 valence electrons. The Morgan fingerprint density at radius 2 is 1.71 bits per heavy atom. The van der Waals surface area contributed by atoms with Crippen LogP contribution in [0, 0.1) is 6.92 Å². The van der Waals surface area contributed by atoms with Gasteiger partial charge in [0.1, 0.15) is 5.69 Å². The molecule has 1 aromatic heterocycles. The van der Waals surface area contributed by atoms with Crippen LogP contribution >= 0.6 is 0 Å². The van der Waals surface area contributed by atoms with Gasteiger partial charge in [0, 0.05) is 24.0 Å². The largest absolute Gasteiger partial charge is 0.493 e. The van der Waals surface area contributed by atoms with Crippen LogP contribution in [-0.4, -0.2) is 30.1 Å². The maximum atomic E-state index is 12.5. The minimum atomic E-state index is -0.260. The highest BCUT2D eigenvalue weighted by atomic mass is 16.5. The lowest BCUT2D eigenvalue weighted by Crippen LogP contribution is -2.24. The third-order valence-electron chi connectivity index (χ3n) is 4.02. The second kappa shape index (κ2) is 8.85. The number of aromatic nitrogens is 2. The van der Waals surface area contributed by atoms with Gasteiger partial charge in [-0.3, -0.25) is 4.79 Å². The van der Waals surface area contributed by atoms with Crippen LogP contribution in [0.15, 0.2) is 54.6 Å². The van der Waals surface area contributed by atoms with Crippen LogP contribution in [0.3, 0.4) is 0 Å². The molecular formula is C21H22N4O3. The van der Waals surface area contributed by atoms with Crippen molar-refractivity contribution in [2.24, 2.45) is 0 Å². The van der Waals surface area contributed by atoms with Crippen molar-refractivity contribution in [3.05, 3.63) is 71.5 Å². The first-order chi connectivity index (χ1) is 13.6. The van der Waals surface area contributed by atoms with Gasteiger partial charge in [-0.25, -0.2) is 9.97 Å². The molecule has 0 aliphatic rings. The second-order valence-electron chi connectivity index (χ2n) is 6.08. The smallest absolute Gasteiger partial charge is 0.270 e. The summed E-state index contributed by atoms with van der Waals surface area (Å²) in [6, 6.07) is 16.7. The van der Waals surface area contributed by atoms with Crippen molar-refractivity contribution in [3.8, 4) is 11.5 Å². The molecule has 7 heteroatoms. The van der Waals surface area contributed by atoms with E-state index >= 15 is 0 Å². The zero-order chi connectivity index (χ0) is 19.9. The number of nitrogens with one attached hydrogen (secondary N) is 2. The van der Waals surface area contributed by atoms with Crippen LogP contribution < -0.4 is 20.1 Å². The Hall–Kier alpha value is -3.61. The Morgan fingerprint density at radius 3 is 2.43 bits per heavy atom. The predicted octanol–water partition coefficient (Wildman–Crippen LogP) is 3.48. The van der Waals surface area contributed by atoms with Gasteiger partial charge in [-0.05, 0) is 30.7 Å². The number of hydrogen-bond donors (Lipinski definition) is 2. The van der Waals surface area contributed by atoms with E-state index in [0.717, 1.165) is 11.3 Å². The third-order valence-corrected chi connectivity index (χ3v) is 4.02. The molecule has 2 aromatic carbocycles. The Balaban J connectivity index is 1.75. The summed E-state index contributed by atoms with van der Waals surface area (Å²) < 4.78 is 10.5. The first kappa shape index (κ1) is 19.2. The van der Waals surface area contributed by atoms with E-state index in [1.54, 1.807) is 32.4 Å². The molecule has 0 saturated heterocycles. The van der Waals surface area contributed by atoms with E-state index < -0.39 is 0 Å². The van der Waals surface area contributed by atoms with Gasteiger partial charge in [0.05, 0.1) is 14.2 Å². The van der Waals surface area contributed by atoms with Gasteiger partial charge in [0.15, 0.2) is 11.5 Å². The molecular weight excluding hydrogens is 356 g/mol. The molecule has 1 amide bonds. The average Bonchev–Trinajstić information content (AvgIpc) is 2.72. The van der Waals surface area contributed by atoms with E-state index in [4.69, 9.17) is 9.47 Å². The number of benzene rings is 2. The molecule has 0 aliphatic heterocycles. The normalized spacial score (nSPS) is 10.2. The van der Waals surface area contributed by atoms with Crippen molar-refractivity contribution >= 4 is 17.5 Å². The van der Waals surface area contributed by atoms with Gasteiger partial charge in [-0.1, -0.05) is 30.3 Å². The van der Waals surface area contributed by atoms with Crippen LogP contribution in [0.5, 0.6) is 11.5 Å². The highest BCUT2D eigenvalue weighted by Gasteiger charge is 2.12. The number of methoxy groups -OCH3 is 2. The van der Waals surface area contributed by atoms with Crippen LogP contribution in [0.1, 0.15) is 21.7 Å². The lowest BCUT2D eigenvalue weighted by atomic mass is 10.2. The lowest BCUT2D eigenvalue weighted by Gasteiger charge is -2.11. The number of hydrogen-bond acceptors (Lipinski definition) is 6. The molecule has 0 atom stereocenters. The number of anilines is 2. The molecule has 0 aliphatic carbocycles. The van der Waals surface area contributed by atoms with E-state index in [0.29, 0.717) is 35.4 Å². The lowest BCUT2D eigenvalue weighted by molar-refractivity contribution is 0.0945. The SMILES string of the molecule is COc1ccc(Nc2nc(C)cc(C(=O)NCc3ccccc3)n2)cc1OC. The van der Waals surface area contributed by atoms with Crippen LogP contribution in [0.2, 0.25) is 0 Å². The summed E-state index contributed by atoms with van der Waals surface area (Å²) in [6.45, 7) is 2.25. The standard InChI is InChI=1S/C21H22N4O3/c1-14-11-17(20(26)22-13-15-7-5-4-6-8-15)25-21(23-14)24-16-9-10-18(27-2)19(12-16)28-3/h4-12H,13H2,1-3H3,(H,22,26)(H,23,24,25). The van der Waals surface area contributed by atoms with E-state index in [-0.39, 0.29) is 5.91 Å². The van der Waals surface area contributed by atoms with E-state index in [1.807, 2.05) is 43.3 Å². The number of ether oxygens (including phenoxy) is 2. The fraction of sp³-hybridized carbons (Fsp3) is 0.190. The maximum absolute atomic E-state index is 12.5. The van der Waals surface area contributed by atoms with E-state index in [9.17, 15) is 4.79 Å². The molecule has 0 saturated carbocycles. The van der Waals surface area contributed by atoms with Crippen LogP contribution in [-0.2, 0) is 6.54 Å². The van der Waals surface area contributed by atoms with Gasteiger partial charge in [0.2, 0.25) is 5.95 Å². The molecule has 3 aromatic rings. The summed E-state index contributed by atoms with van der Waals surface area (Å²) in [6.07, 6.45) is 0. The molecule has 1 heterocycles. The number of carbonyl (C=O) groups excluding carboxylic acids is 1.